The van der Waals surface area contributed by atoms with Gasteiger partial charge in [0.1, 0.15) is 0 Å². The normalized spacial score (nSPS) is 10.4. The number of rotatable bonds is 2. The van der Waals surface area contributed by atoms with Crippen molar-refractivity contribution in [1.82, 2.24) is 0 Å². The van der Waals surface area contributed by atoms with Crippen molar-refractivity contribution in [2.24, 2.45) is 0 Å². The Morgan fingerprint density at radius 2 is 1.61 bits per heavy atom. The zero-order chi connectivity index (χ0) is 13.3. The van der Waals surface area contributed by atoms with Gasteiger partial charge in [-0.2, -0.15) is 0 Å². The molecule has 18 heavy (non-hydrogen) atoms. The maximum Gasteiger partial charge on any atom is 0.193 e. The third-order valence-corrected chi connectivity index (χ3v) is 3.72. The van der Waals surface area contributed by atoms with Crippen molar-refractivity contribution in [3.8, 4) is 0 Å². The van der Waals surface area contributed by atoms with Crippen LogP contribution in [0.15, 0.2) is 36.4 Å². The zero-order valence-corrected chi connectivity index (χ0v) is 11.5. The Bertz CT molecular complexity index is 600. The number of carbonyl (C=O) groups excluding carboxylic acids is 1. The highest BCUT2D eigenvalue weighted by atomic mass is 35.5. The Morgan fingerprint density at radius 3 is 2.22 bits per heavy atom. The van der Waals surface area contributed by atoms with E-state index < -0.39 is 0 Å². The number of ketones is 1. The molecule has 0 radical (unpaired) electrons. The van der Waals surface area contributed by atoms with Crippen LogP contribution in [0.1, 0.15) is 32.6 Å². The zero-order valence-electron chi connectivity index (χ0n) is 10.8. The Balaban J connectivity index is 2.59. The molecule has 0 unspecified atom stereocenters. The van der Waals surface area contributed by atoms with Gasteiger partial charge in [-0.1, -0.05) is 48.0 Å². The maximum atomic E-state index is 12.5. The van der Waals surface area contributed by atoms with Crippen LogP contribution in [0.2, 0.25) is 5.02 Å². The first-order chi connectivity index (χ1) is 8.52. The van der Waals surface area contributed by atoms with Gasteiger partial charge in [-0.15, -0.1) is 0 Å². The minimum Gasteiger partial charge on any atom is -0.289 e. The number of hydrogen-bond acceptors (Lipinski definition) is 1. The summed E-state index contributed by atoms with van der Waals surface area (Å²) in [6.45, 7) is 5.81. The molecule has 0 saturated carbocycles. The molecule has 92 valence electrons. The Morgan fingerprint density at radius 1 is 1.00 bits per heavy atom. The predicted octanol–water partition coefficient (Wildman–Crippen LogP) is 4.50. The van der Waals surface area contributed by atoms with Gasteiger partial charge in [0.05, 0.1) is 0 Å². The number of hydrogen-bond donors (Lipinski definition) is 0. The second-order valence-electron chi connectivity index (χ2n) is 4.52. The Hall–Kier alpha value is -1.60. The highest BCUT2D eigenvalue weighted by Crippen LogP contribution is 2.28. The fraction of sp³-hybridized carbons (Fsp3) is 0.188. The SMILES string of the molecule is Cc1cc(C)c(C(=O)c2ccccc2)c(C)c1Cl. The first-order valence-electron chi connectivity index (χ1n) is 5.88. The minimum absolute atomic E-state index is 0.0347. The van der Waals surface area contributed by atoms with E-state index in [0.717, 1.165) is 22.3 Å². The van der Waals surface area contributed by atoms with Crippen molar-refractivity contribution in [2.45, 2.75) is 20.8 Å². The summed E-state index contributed by atoms with van der Waals surface area (Å²) in [6, 6.07) is 11.3. The van der Waals surface area contributed by atoms with E-state index in [1.807, 2.05) is 57.2 Å². The number of carbonyl (C=O) groups is 1. The van der Waals surface area contributed by atoms with Gasteiger partial charge in [-0.3, -0.25) is 4.79 Å². The van der Waals surface area contributed by atoms with E-state index in [4.69, 9.17) is 11.6 Å². The van der Waals surface area contributed by atoms with Crippen LogP contribution >= 0.6 is 11.6 Å². The molecule has 0 aliphatic heterocycles. The molecule has 0 spiro atoms. The average Bonchev–Trinajstić information content (AvgIpc) is 2.37. The summed E-state index contributed by atoms with van der Waals surface area (Å²) in [5.41, 5.74) is 4.27. The van der Waals surface area contributed by atoms with Crippen molar-refractivity contribution in [1.29, 1.82) is 0 Å². The van der Waals surface area contributed by atoms with Crippen molar-refractivity contribution < 1.29 is 4.79 Å². The third kappa shape index (κ3) is 2.19. The van der Waals surface area contributed by atoms with Gasteiger partial charge < -0.3 is 0 Å². The van der Waals surface area contributed by atoms with Gasteiger partial charge in [-0.05, 0) is 37.5 Å². The van der Waals surface area contributed by atoms with Gasteiger partial charge in [0.15, 0.2) is 5.78 Å². The second kappa shape index (κ2) is 4.95. The molecule has 0 bridgehead atoms. The molecule has 0 heterocycles. The largest absolute Gasteiger partial charge is 0.289 e. The highest BCUT2D eigenvalue weighted by molar-refractivity contribution is 6.33. The topological polar surface area (TPSA) is 17.1 Å². The first kappa shape index (κ1) is 12.8. The maximum absolute atomic E-state index is 12.5. The summed E-state index contributed by atoms with van der Waals surface area (Å²) in [5.74, 6) is 0.0347. The van der Waals surface area contributed by atoms with Crippen LogP contribution in [0.4, 0.5) is 0 Å². The predicted molar refractivity (Wildman–Crippen MR) is 75.5 cm³/mol. The molecular weight excluding hydrogens is 244 g/mol. The standard InChI is InChI=1S/C16H15ClO/c1-10-9-11(2)15(17)12(3)14(10)16(18)13-7-5-4-6-8-13/h4-9H,1-3H3. The van der Waals surface area contributed by atoms with E-state index in [9.17, 15) is 4.79 Å². The summed E-state index contributed by atoms with van der Waals surface area (Å²) < 4.78 is 0. The summed E-state index contributed by atoms with van der Waals surface area (Å²) in [7, 11) is 0. The molecule has 0 aliphatic rings. The molecule has 0 aromatic heterocycles. The highest BCUT2D eigenvalue weighted by Gasteiger charge is 2.17. The van der Waals surface area contributed by atoms with E-state index in [1.165, 1.54) is 0 Å². The fourth-order valence-corrected chi connectivity index (χ4v) is 2.39. The van der Waals surface area contributed by atoms with Gasteiger partial charge in [-0.25, -0.2) is 0 Å². The minimum atomic E-state index is 0.0347. The fourth-order valence-electron chi connectivity index (χ4n) is 2.24. The van der Waals surface area contributed by atoms with Gasteiger partial charge in [0.25, 0.3) is 0 Å². The molecule has 0 saturated heterocycles. The lowest BCUT2D eigenvalue weighted by molar-refractivity contribution is 0.103. The van der Waals surface area contributed by atoms with Crippen molar-refractivity contribution >= 4 is 17.4 Å². The summed E-state index contributed by atoms with van der Waals surface area (Å²) in [4.78, 5) is 12.5. The molecule has 2 aromatic carbocycles. The summed E-state index contributed by atoms with van der Waals surface area (Å²) in [6.07, 6.45) is 0. The molecule has 1 nitrogen and oxygen atoms in total. The monoisotopic (exact) mass is 258 g/mol. The summed E-state index contributed by atoms with van der Waals surface area (Å²) in [5, 5.41) is 0.680. The number of benzene rings is 2. The van der Waals surface area contributed by atoms with Gasteiger partial charge >= 0.3 is 0 Å². The number of aryl methyl sites for hydroxylation is 2. The molecule has 0 N–H and O–H groups in total. The lowest BCUT2D eigenvalue weighted by Gasteiger charge is -2.12. The molecule has 2 aromatic rings. The van der Waals surface area contributed by atoms with Crippen LogP contribution in [0.3, 0.4) is 0 Å². The van der Waals surface area contributed by atoms with Crippen LogP contribution in [0.25, 0.3) is 0 Å². The Labute approximate surface area is 112 Å². The Kier molecular flexibility index (Phi) is 3.53. The van der Waals surface area contributed by atoms with Gasteiger partial charge in [0.2, 0.25) is 0 Å². The van der Waals surface area contributed by atoms with Crippen LogP contribution in [-0.4, -0.2) is 5.78 Å². The molecular formula is C16H15ClO. The molecule has 2 rings (SSSR count). The van der Waals surface area contributed by atoms with Crippen molar-refractivity contribution in [2.75, 3.05) is 0 Å². The molecule has 0 amide bonds. The second-order valence-corrected chi connectivity index (χ2v) is 4.90. The molecule has 2 heteroatoms. The van der Waals surface area contributed by atoms with Crippen LogP contribution in [-0.2, 0) is 0 Å². The lowest BCUT2D eigenvalue weighted by atomic mass is 9.93. The van der Waals surface area contributed by atoms with Crippen LogP contribution in [0, 0.1) is 20.8 Å². The first-order valence-corrected chi connectivity index (χ1v) is 6.26. The lowest BCUT2D eigenvalue weighted by Crippen LogP contribution is -2.07. The van der Waals surface area contributed by atoms with Gasteiger partial charge in [0, 0.05) is 16.1 Å². The van der Waals surface area contributed by atoms with E-state index in [1.54, 1.807) is 0 Å². The number of halogens is 1. The average molecular weight is 259 g/mol. The molecule has 0 atom stereocenters. The van der Waals surface area contributed by atoms with E-state index in [2.05, 4.69) is 0 Å². The van der Waals surface area contributed by atoms with Crippen molar-refractivity contribution in [3.63, 3.8) is 0 Å². The van der Waals surface area contributed by atoms with Crippen molar-refractivity contribution in [3.05, 3.63) is 69.2 Å². The van der Waals surface area contributed by atoms with Crippen LogP contribution < -0.4 is 0 Å². The third-order valence-electron chi connectivity index (χ3n) is 3.14. The van der Waals surface area contributed by atoms with E-state index in [0.29, 0.717) is 10.6 Å². The van der Waals surface area contributed by atoms with Crippen LogP contribution in [0.5, 0.6) is 0 Å². The molecule has 0 aliphatic carbocycles. The summed E-state index contributed by atoms with van der Waals surface area (Å²) >= 11 is 6.23. The smallest absolute Gasteiger partial charge is 0.193 e. The van der Waals surface area contributed by atoms with E-state index >= 15 is 0 Å². The quantitative estimate of drug-likeness (QED) is 0.725. The molecule has 0 fully saturated rings. The van der Waals surface area contributed by atoms with E-state index in [-0.39, 0.29) is 5.78 Å².